The van der Waals surface area contributed by atoms with Crippen molar-refractivity contribution < 1.29 is 13.3 Å². The van der Waals surface area contributed by atoms with E-state index in [9.17, 15) is 13.3 Å². The summed E-state index contributed by atoms with van der Waals surface area (Å²) in [5.41, 5.74) is 7.47. The molecule has 11 heteroatoms. The predicted octanol–water partition coefficient (Wildman–Crippen LogP) is 2.51. The lowest BCUT2D eigenvalue weighted by Crippen LogP contribution is -2.36. The Hall–Kier alpha value is -1.82. The monoisotopic (exact) mass is 439 g/mol. The molecule has 4 atom stereocenters. The fourth-order valence-corrected chi connectivity index (χ4v) is 5.52. The highest BCUT2D eigenvalue weighted by Gasteiger charge is 2.39. The van der Waals surface area contributed by atoms with Crippen LogP contribution in [0, 0.1) is 5.92 Å². The predicted molar refractivity (Wildman–Crippen MR) is 112 cm³/mol. The van der Waals surface area contributed by atoms with E-state index in [2.05, 4.69) is 31.8 Å². The summed E-state index contributed by atoms with van der Waals surface area (Å²) in [5, 5.41) is 8.76. The Morgan fingerprint density at radius 3 is 3.00 bits per heavy atom. The summed E-state index contributed by atoms with van der Waals surface area (Å²) in [7, 11) is 0. The summed E-state index contributed by atoms with van der Waals surface area (Å²) >= 11 is -1.35. The van der Waals surface area contributed by atoms with E-state index >= 15 is 0 Å². The van der Waals surface area contributed by atoms with Crippen molar-refractivity contribution in [2.24, 2.45) is 11.7 Å². The largest absolute Gasteiger partial charge is 0.598 e. The molecule has 4 rings (SSSR count). The van der Waals surface area contributed by atoms with Gasteiger partial charge >= 0.3 is 0 Å². The van der Waals surface area contributed by atoms with Gasteiger partial charge in [0, 0.05) is 29.9 Å². The second-order valence-electron chi connectivity index (χ2n) is 8.00. The minimum atomic E-state index is -2.89. The number of H-pyrrole nitrogens is 1. The van der Waals surface area contributed by atoms with Crippen LogP contribution in [0.25, 0.3) is 16.8 Å². The van der Waals surface area contributed by atoms with Gasteiger partial charge in [0.2, 0.25) is 0 Å². The molecule has 0 aromatic carbocycles. The third-order valence-corrected chi connectivity index (χ3v) is 7.24. The van der Waals surface area contributed by atoms with Gasteiger partial charge in [0.25, 0.3) is 5.92 Å². The molecule has 1 unspecified atom stereocenters. The molecular formula is C19H27F2N7OS. The van der Waals surface area contributed by atoms with Crippen LogP contribution in [0.1, 0.15) is 50.8 Å². The van der Waals surface area contributed by atoms with Gasteiger partial charge in [-0.2, -0.15) is 0 Å². The average molecular weight is 440 g/mol. The van der Waals surface area contributed by atoms with Crippen LogP contribution < -0.4 is 10.5 Å². The Balaban J connectivity index is 1.45. The van der Waals surface area contributed by atoms with Gasteiger partial charge in [0.15, 0.2) is 11.3 Å². The molecule has 0 amide bonds. The summed E-state index contributed by atoms with van der Waals surface area (Å²) in [5.74, 6) is -1.26. The molecule has 3 heterocycles. The van der Waals surface area contributed by atoms with Gasteiger partial charge in [-0.1, -0.05) is 13.3 Å². The third kappa shape index (κ3) is 4.29. The van der Waals surface area contributed by atoms with Gasteiger partial charge in [-0.25, -0.2) is 13.8 Å². The minimum absolute atomic E-state index is 0.0479. The first-order valence-corrected chi connectivity index (χ1v) is 11.6. The standard InChI is InChI=1S/C19H27F2N7OS/c1-2-12-8-13(27-30(29)7-3-5-19(20,21)11-22)9-14(12)18-26-25-16-10-24-17-15(28(16)18)4-6-23-17/h4,6,10,12-14,23,27H,2-3,5,7-9,11,22H2,1H3/t12-,13+,14+,30?/m1/s1. The molecule has 1 aliphatic rings. The van der Waals surface area contributed by atoms with Crippen molar-refractivity contribution in [1.82, 2.24) is 29.3 Å². The Morgan fingerprint density at radius 1 is 1.40 bits per heavy atom. The molecule has 8 nitrogen and oxygen atoms in total. The van der Waals surface area contributed by atoms with Gasteiger partial charge in [-0.05, 0) is 31.2 Å². The Kier molecular flexibility index (Phi) is 6.24. The first-order valence-electron chi connectivity index (χ1n) is 10.3. The van der Waals surface area contributed by atoms with Crippen LogP contribution in [0.3, 0.4) is 0 Å². The number of rotatable bonds is 9. The summed E-state index contributed by atoms with van der Waals surface area (Å²) in [4.78, 5) is 7.47. The lowest BCUT2D eigenvalue weighted by atomic mass is 9.93. The lowest BCUT2D eigenvalue weighted by Gasteiger charge is -2.18. The van der Waals surface area contributed by atoms with Crippen molar-refractivity contribution in [3.63, 3.8) is 0 Å². The number of nitrogens with two attached hydrogens (primary N) is 1. The van der Waals surface area contributed by atoms with Crippen molar-refractivity contribution >= 4 is 28.2 Å². The van der Waals surface area contributed by atoms with E-state index in [-0.39, 0.29) is 30.6 Å². The molecular weight excluding hydrogens is 412 g/mol. The number of fused-ring (bicyclic) bond motifs is 3. The quantitative estimate of drug-likeness (QED) is 0.441. The maximum Gasteiger partial charge on any atom is 0.260 e. The van der Waals surface area contributed by atoms with Crippen LogP contribution in [-0.2, 0) is 11.4 Å². The van der Waals surface area contributed by atoms with E-state index in [1.54, 1.807) is 6.20 Å². The highest BCUT2D eigenvalue weighted by atomic mass is 32.2. The molecule has 1 aliphatic carbocycles. The van der Waals surface area contributed by atoms with E-state index in [1.807, 2.05) is 16.7 Å². The van der Waals surface area contributed by atoms with Crippen LogP contribution in [0.15, 0.2) is 18.5 Å². The Bertz CT molecular complexity index is 994. The molecule has 3 aromatic rings. The first-order chi connectivity index (χ1) is 14.4. The molecule has 0 radical (unpaired) electrons. The van der Waals surface area contributed by atoms with Crippen LogP contribution in [-0.4, -0.2) is 53.4 Å². The van der Waals surface area contributed by atoms with Crippen molar-refractivity contribution in [3.05, 3.63) is 24.3 Å². The molecule has 0 spiro atoms. The highest BCUT2D eigenvalue weighted by molar-refractivity contribution is 7.89. The van der Waals surface area contributed by atoms with Crippen LogP contribution in [0.2, 0.25) is 0 Å². The van der Waals surface area contributed by atoms with Gasteiger partial charge in [-0.3, -0.25) is 4.40 Å². The van der Waals surface area contributed by atoms with Crippen LogP contribution in [0.5, 0.6) is 0 Å². The van der Waals surface area contributed by atoms with Crippen molar-refractivity contribution in [3.8, 4) is 0 Å². The van der Waals surface area contributed by atoms with E-state index < -0.39 is 23.8 Å². The number of aromatic nitrogens is 5. The summed E-state index contributed by atoms with van der Waals surface area (Å²) < 4.78 is 44.1. The van der Waals surface area contributed by atoms with Gasteiger partial charge in [-0.15, -0.1) is 14.9 Å². The molecule has 4 N–H and O–H groups in total. The van der Waals surface area contributed by atoms with Crippen molar-refractivity contribution in [2.45, 2.75) is 56.9 Å². The number of alkyl halides is 2. The van der Waals surface area contributed by atoms with Gasteiger partial charge < -0.3 is 15.3 Å². The molecule has 0 saturated heterocycles. The van der Waals surface area contributed by atoms with Crippen LogP contribution >= 0.6 is 0 Å². The zero-order valence-electron chi connectivity index (χ0n) is 16.9. The van der Waals surface area contributed by atoms with Crippen molar-refractivity contribution in [1.29, 1.82) is 0 Å². The maximum atomic E-state index is 13.3. The van der Waals surface area contributed by atoms with E-state index in [0.717, 1.165) is 36.3 Å². The maximum absolute atomic E-state index is 13.3. The van der Waals surface area contributed by atoms with E-state index in [0.29, 0.717) is 11.6 Å². The zero-order valence-corrected chi connectivity index (χ0v) is 17.7. The second-order valence-corrected chi connectivity index (χ2v) is 9.33. The SMILES string of the molecule is CC[C@@H]1C[C@H](N[S+]([O-])CCCC(F)(F)CN)C[C@@H]1c1nnc2cnc3[nH]ccc3n12. The fourth-order valence-electron chi connectivity index (χ4n) is 4.44. The minimum Gasteiger partial charge on any atom is -0.598 e. The number of aromatic amines is 1. The normalized spacial score (nSPS) is 23.6. The van der Waals surface area contributed by atoms with Gasteiger partial charge in [0.1, 0.15) is 11.6 Å². The highest BCUT2D eigenvalue weighted by Crippen LogP contribution is 2.41. The molecule has 30 heavy (non-hydrogen) atoms. The van der Waals surface area contributed by atoms with Gasteiger partial charge in [0.05, 0.1) is 24.3 Å². The van der Waals surface area contributed by atoms with E-state index in [4.69, 9.17) is 5.73 Å². The Labute approximate surface area is 176 Å². The summed E-state index contributed by atoms with van der Waals surface area (Å²) in [6.45, 7) is 1.47. The zero-order chi connectivity index (χ0) is 21.3. The second kappa shape index (κ2) is 8.74. The van der Waals surface area contributed by atoms with E-state index in [1.165, 1.54) is 0 Å². The number of halogens is 2. The lowest BCUT2D eigenvalue weighted by molar-refractivity contribution is 0.00168. The number of nitrogens with one attached hydrogen (secondary N) is 2. The molecule has 0 bridgehead atoms. The summed E-state index contributed by atoms with van der Waals surface area (Å²) in [6.07, 6.45) is 5.98. The number of hydrogen-bond donors (Lipinski definition) is 3. The fraction of sp³-hybridized carbons (Fsp3) is 0.632. The number of hydrogen-bond acceptors (Lipinski definition) is 6. The smallest absolute Gasteiger partial charge is 0.260 e. The molecule has 1 fully saturated rings. The molecule has 0 aliphatic heterocycles. The average Bonchev–Trinajstić information content (AvgIpc) is 3.44. The third-order valence-electron chi connectivity index (χ3n) is 5.99. The molecule has 3 aromatic heterocycles. The van der Waals surface area contributed by atoms with Crippen molar-refractivity contribution in [2.75, 3.05) is 12.3 Å². The van der Waals surface area contributed by atoms with Crippen LogP contribution in [0.4, 0.5) is 8.78 Å². The summed E-state index contributed by atoms with van der Waals surface area (Å²) in [6, 6.07) is 2.01. The molecule has 1 saturated carbocycles. The molecule has 164 valence electrons. The Morgan fingerprint density at radius 2 is 2.23 bits per heavy atom. The first kappa shape index (κ1) is 21.4. The number of nitrogens with zero attached hydrogens (tertiary/aromatic N) is 4. The topological polar surface area (TPSA) is 120 Å².